The Morgan fingerprint density at radius 1 is 1.05 bits per heavy atom. The Hall–Kier alpha value is -1.81. The molecule has 0 radical (unpaired) electrons. The van der Waals surface area contributed by atoms with Crippen LogP contribution in [0.3, 0.4) is 0 Å². The Labute approximate surface area is 120 Å². The lowest BCUT2D eigenvalue weighted by molar-refractivity contribution is -0.116. The molecule has 0 saturated heterocycles. The van der Waals surface area contributed by atoms with Crippen LogP contribution >= 0.6 is 15.9 Å². The molecule has 3 nitrogen and oxygen atoms in total. The predicted octanol–water partition coefficient (Wildman–Crippen LogP) is 3.86. The highest BCUT2D eigenvalue weighted by Gasteiger charge is 2.05. The number of ether oxygens (including phenoxy) is 1. The van der Waals surface area contributed by atoms with Crippen molar-refractivity contribution >= 4 is 27.5 Å². The van der Waals surface area contributed by atoms with Crippen molar-refractivity contribution in [3.8, 4) is 5.75 Å². The number of carbonyl (C=O) groups excluding carboxylic acids is 1. The molecule has 0 heterocycles. The minimum atomic E-state index is -0.0668. The third kappa shape index (κ3) is 4.41. The molecule has 1 N–H and O–H groups in total. The van der Waals surface area contributed by atoms with Gasteiger partial charge in [0, 0.05) is 4.47 Å². The first-order valence-electron chi connectivity index (χ1n) is 5.98. The van der Waals surface area contributed by atoms with Gasteiger partial charge in [0.1, 0.15) is 5.75 Å². The quantitative estimate of drug-likeness (QED) is 0.908. The Kier molecular flexibility index (Phi) is 4.98. The van der Waals surface area contributed by atoms with Gasteiger partial charge in [-0.1, -0.05) is 30.3 Å². The number of hydrogen-bond acceptors (Lipinski definition) is 2. The number of benzene rings is 2. The second kappa shape index (κ2) is 6.95. The first-order valence-corrected chi connectivity index (χ1v) is 6.77. The summed E-state index contributed by atoms with van der Waals surface area (Å²) in [5.74, 6) is 0.707. The predicted molar refractivity (Wildman–Crippen MR) is 79.3 cm³/mol. The van der Waals surface area contributed by atoms with E-state index in [9.17, 15) is 4.79 Å². The van der Waals surface area contributed by atoms with Crippen LogP contribution in [0.25, 0.3) is 0 Å². The lowest BCUT2D eigenvalue weighted by atomic mass is 10.3. The summed E-state index contributed by atoms with van der Waals surface area (Å²) in [4.78, 5) is 11.7. The van der Waals surface area contributed by atoms with Crippen molar-refractivity contribution in [2.45, 2.75) is 6.42 Å². The number of rotatable bonds is 5. The zero-order chi connectivity index (χ0) is 13.5. The molecule has 2 aromatic carbocycles. The maximum absolute atomic E-state index is 11.7. The first-order chi connectivity index (χ1) is 9.25. The smallest absolute Gasteiger partial charge is 0.227 e. The van der Waals surface area contributed by atoms with Crippen molar-refractivity contribution in [1.82, 2.24) is 0 Å². The molecule has 2 rings (SSSR count). The van der Waals surface area contributed by atoms with E-state index in [1.807, 2.05) is 54.6 Å². The molecule has 0 saturated carbocycles. The zero-order valence-corrected chi connectivity index (χ0v) is 11.9. The van der Waals surface area contributed by atoms with Gasteiger partial charge < -0.3 is 10.1 Å². The van der Waals surface area contributed by atoms with Crippen LogP contribution < -0.4 is 10.1 Å². The number of amides is 1. The molecule has 2 aromatic rings. The molecule has 1 amide bonds. The van der Waals surface area contributed by atoms with E-state index in [0.29, 0.717) is 13.0 Å². The summed E-state index contributed by atoms with van der Waals surface area (Å²) in [6.07, 6.45) is 0.316. The van der Waals surface area contributed by atoms with E-state index >= 15 is 0 Å². The van der Waals surface area contributed by atoms with E-state index in [2.05, 4.69) is 21.2 Å². The van der Waals surface area contributed by atoms with Crippen LogP contribution in [0.4, 0.5) is 5.69 Å². The number of carbonyl (C=O) groups is 1. The number of para-hydroxylation sites is 2. The fraction of sp³-hybridized carbons (Fsp3) is 0.133. The molecule has 98 valence electrons. The van der Waals surface area contributed by atoms with Crippen LogP contribution in [0.1, 0.15) is 6.42 Å². The average Bonchev–Trinajstić information content (AvgIpc) is 2.43. The van der Waals surface area contributed by atoms with Crippen LogP contribution in [0, 0.1) is 0 Å². The third-order valence-corrected chi connectivity index (χ3v) is 3.18. The fourth-order valence-electron chi connectivity index (χ4n) is 1.55. The van der Waals surface area contributed by atoms with E-state index in [1.54, 1.807) is 0 Å². The van der Waals surface area contributed by atoms with Gasteiger partial charge in [-0.05, 0) is 40.2 Å². The molecule has 0 atom stereocenters. The highest BCUT2D eigenvalue weighted by atomic mass is 79.9. The maximum Gasteiger partial charge on any atom is 0.227 e. The SMILES string of the molecule is O=C(CCOc1ccccc1)Nc1ccccc1Br. The average molecular weight is 320 g/mol. The van der Waals surface area contributed by atoms with Crippen LogP contribution in [-0.2, 0) is 4.79 Å². The number of nitrogens with one attached hydrogen (secondary N) is 1. The van der Waals surface area contributed by atoms with Gasteiger partial charge in [0.2, 0.25) is 5.91 Å². The lowest BCUT2D eigenvalue weighted by Crippen LogP contribution is -2.15. The third-order valence-electron chi connectivity index (χ3n) is 2.49. The summed E-state index contributed by atoms with van der Waals surface area (Å²) >= 11 is 3.38. The minimum absolute atomic E-state index is 0.0668. The van der Waals surface area contributed by atoms with Crippen molar-refractivity contribution in [3.63, 3.8) is 0 Å². The summed E-state index contributed by atoms with van der Waals surface area (Å²) < 4.78 is 6.34. The van der Waals surface area contributed by atoms with Gasteiger partial charge in [0.15, 0.2) is 0 Å². The van der Waals surface area contributed by atoms with Crippen molar-refractivity contribution in [2.24, 2.45) is 0 Å². The molecule has 19 heavy (non-hydrogen) atoms. The van der Waals surface area contributed by atoms with Crippen molar-refractivity contribution in [1.29, 1.82) is 0 Å². The highest BCUT2D eigenvalue weighted by molar-refractivity contribution is 9.10. The summed E-state index contributed by atoms with van der Waals surface area (Å²) in [5, 5.41) is 2.83. The van der Waals surface area contributed by atoms with Crippen molar-refractivity contribution in [3.05, 3.63) is 59.1 Å². The van der Waals surface area contributed by atoms with Gasteiger partial charge in [-0.15, -0.1) is 0 Å². The molecule has 0 aliphatic rings. The molecule has 4 heteroatoms. The monoisotopic (exact) mass is 319 g/mol. The summed E-state index contributed by atoms with van der Waals surface area (Å²) in [7, 11) is 0. The molecule has 0 aliphatic carbocycles. The van der Waals surface area contributed by atoms with Crippen LogP contribution in [-0.4, -0.2) is 12.5 Å². The van der Waals surface area contributed by atoms with Gasteiger partial charge in [0.25, 0.3) is 0 Å². The Bertz CT molecular complexity index is 543. The van der Waals surface area contributed by atoms with Crippen molar-refractivity contribution < 1.29 is 9.53 Å². The molecule has 0 unspecified atom stereocenters. The van der Waals surface area contributed by atoms with E-state index in [4.69, 9.17) is 4.74 Å². The van der Waals surface area contributed by atoms with Crippen LogP contribution in [0.5, 0.6) is 5.75 Å². The van der Waals surface area contributed by atoms with Crippen molar-refractivity contribution in [2.75, 3.05) is 11.9 Å². The summed E-state index contributed by atoms with van der Waals surface area (Å²) in [6, 6.07) is 17.0. The van der Waals surface area contributed by atoms with E-state index < -0.39 is 0 Å². The van der Waals surface area contributed by atoms with E-state index in [1.165, 1.54) is 0 Å². The molecule has 0 spiro atoms. The second-order valence-electron chi connectivity index (χ2n) is 3.94. The maximum atomic E-state index is 11.7. The van der Waals surface area contributed by atoms with E-state index in [0.717, 1.165) is 15.9 Å². The van der Waals surface area contributed by atoms with Crippen LogP contribution in [0.15, 0.2) is 59.1 Å². The standard InChI is InChI=1S/C15H14BrNO2/c16-13-8-4-5-9-14(13)17-15(18)10-11-19-12-6-2-1-3-7-12/h1-9H,10-11H2,(H,17,18). The van der Waals surface area contributed by atoms with Gasteiger partial charge in [0.05, 0.1) is 18.7 Å². The Morgan fingerprint density at radius 2 is 1.74 bits per heavy atom. The second-order valence-corrected chi connectivity index (χ2v) is 4.79. The molecule has 0 aliphatic heterocycles. The Balaban J connectivity index is 1.78. The zero-order valence-electron chi connectivity index (χ0n) is 10.3. The number of halogens is 1. The topological polar surface area (TPSA) is 38.3 Å². The summed E-state index contributed by atoms with van der Waals surface area (Å²) in [5.41, 5.74) is 0.771. The molecular formula is C15H14BrNO2. The lowest BCUT2D eigenvalue weighted by Gasteiger charge is -2.08. The fourth-order valence-corrected chi connectivity index (χ4v) is 1.94. The van der Waals surface area contributed by atoms with Gasteiger partial charge >= 0.3 is 0 Å². The van der Waals surface area contributed by atoms with E-state index in [-0.39, 0.29) is 5.91 Å². The summed E-state index contributed by atoms with van der Waals surface area (Å²) in [6.45, 7) is 0.361. The number of hydrogen-bond donors (Lipinski definition) is 1. The first kappa shape index (κ1) is 13.6. The normalized spacial score (nSPS) is 9.95. The molecule has 0 aromatic heterocycles. The Morgan fingerprint density at radius 3 is 2.47 bits per heavy atom. The van der Waals surface area contributed by atoms with Crippen LogP contribution in [0.2, 0.25) is 0 Å². The molecular weight excluding hydrogens is 306 g/mol. The highest BCUT2D eigenvalue weighted by Crippen LogP contribution is 2.21. The molecule has 0 fully saturated rings. The minimum Gasteiger partial charge on any atom is -0.493 e. The largest absolute Gasteiger partial charge is 0.493 e. The van der Waals surface area contributed by atoms with Gasteiger partial charge in [-0.2, -0.15) is 0 Å². The number of anilines is 1. The van der Waals surface area contributed by atoms with Gasteiger partial charge in [-0.25, -0.2) is 0 Å². The van der Waals surface area contributed by atoms with Gasteiger partial charge in [-0.3, -0.25) is 4.79 Å². The molecule has 0 bridgehead atoms.